The maximum absolute atomic E-state index is 2.61. The van der Waals surface area contributed by atoms with Crippen molar-refractivity contribution in [3.05, 3.63) is 54.4 Å². The molecule has 0 atom stereocenters. The third kappa shape index (κ3) is 3.38. The highest BCUT2D eigenvalue weighted by molar-refractivity contribution is 5.74. The largest absolute Gasteiger partial charge is 0.290 e. The molecule has 24 heavy (non-hydrogen) atoms. The van der Waals surface area contributed by atoms with Crippen LogP contribution in [0.15, 0.2) is 48.8 Å². The topological polar surface area (TPSA) is 6.48 Å². The van der Waals surface area contributed by atoms with E-state index in [-0.39, 0.29) is 0 Å². The number of hydrogen-bond donors (Lipinski definition) is 0. The van der Waals surface area contributed by atoms with Gasteiger partial charge in [0.15, 0.2) is 0 Å². The van der Waals surface area contributed by atoms with Gasteiger partial charge in [0, 0.05) is 30.1 Å². The van der Waals surface area contributed by atoms with Crippen molar-refractivity contribution in [3.63, 3.8) is 0 Å². The molecular formula is C22H30N2. The highest BCUT2D eigenvalue weighted by Crippen LogP contribution is 2.33. The Balaban J connectivity index is 1.60. The molecule has 0 amide bonds. The van der Waals surface area contributed by atoms with E-state index in [1.54, 1.807) is 0 Å². The van der Waals surface area contributed by atoms with Crippen LogP contribution in [-0.4, -0.2) is 22.1 Å². The maximum Gasteiger partial charge on any atom is 0.0499 e. The summed E-state index contributed by atoms with van der Waals surface area (Å²) < 4.78 is 0. The Bertz CT molecular complexity index is 577. The van der Waals surface area contributed by atoms with Gasteiger partial charge in [-0.15, -0.1) is 0 Å². The monoisotopic (exact) mass is 322 g/mol. The summed E-state index contributed by atoms with van der Waals surface area (Å²) in [4.78, 5) is 0. The molecule has 2 heteroatoms. The summed E-state index contributed by atoms with van der Waals surface area (Å²) in [6, 6.07) is 12.2. The summed E-state index contributed by atoms with van der Waals surface area (Å²) in [6.07, 6.45) is 20.9. The Morgan fingerprint density at radius 3 is 1.88 bits per heavy atom. The molecular weight excluding hydrogens is 292 g/mol. The number of allylic oxidation sites excluding steroid dienone is 2. The summed E-state index contributed by atoms with van der Waals surface area (Å²) in [5.74, 6) is 0. The second-order valence-corrected chi connectivity index (χ2v) is 7.61. The zero-order valence-electron chi connectivity index (χ0n) is 14.7. The van der Waals surface area contributed by atoms with Crippen LogP contribution in [0.2, 0.25) is 0 Å². The van der Waals surface area contributed by atoms with E-state index < -0.39 is 0 Å². The van der Waals surface area contributed by atoms with Gasteiger partial charge >= 0.3 is 0 Å². The van der Waals surface area contributed by atoms with Crippen molar-refractivity contribution < 1.29 is 0 Å². The van der Waals surface area contributed by atoms with Gasteiger partial charge in [-0.2, -0.15) is 0 Å². The first-order valence-corrected chi connectivity index (χ1v) is 9.94. The van der Waals surface area contributed by atoms with Gasteiger partial charge < -0.3 is 0 Å². The van der Waals surface area contributed by atoms with Gasteiger partial charge in [-0.25, -0.2) is 0 Å². The summed E-state index contributed by atoms with van der Waals surface area (Å²) in [7, 11) is 0. The lowest BCUT2D eigenvalue weighted by atomic mass is 9.92. The lowest BCUT2D eigenvalue weighted by Gasteiger charge is -2.47. The third-order valence-corrected chi connectivity index (χ3v) is 5.95. The van der Waals surface area contributed by atoms with E-state index in [2.05, 4.69) is 58.8 Å². The fourth-order valence-corrected chi connectivity index (χ4v) is 4.58. The van der Waals surface area contributed by atoms with Crippen LogP contribution in [0.5, 0.6) is 0 Å². The first kappa shape index (κ1) is 15.8. The molecule has 1 aliphatic heterocycles. The molecule has 1 aromatic rings. The summed E-state index contributed by atoms with van der Waals surface area (Å²) in [5.41, 5.74) is 2.69. The fourth-order valence-electron chi connectivity index (χ4n) is 4.58. The smallest absolute Gasteiger partial charge is 0.0499 e. The van der Waals surface area contributed by atoms with E-state index in [0.29, 0.717) is 12.1 Å². The molecule has 0 unspecified atom stereocenters. The molecule has 2 fully saturated rings. The second kappa shape index (κ2) is 7.46. The van der Waals surface area contributed by atoms with Crippen molar-refractivity contribution in [2.24, 2.45) is 0 Å². The summed E-state index contributed by atoms with van der Waals surface area (Å²) in [5, 5.41) is 5.19. The molecule has 1 heterocycles. The van der Waals surface area contributed by atoms with Crippen molar-refractivity contribution in [1.82, 2.24) is 10.0 Å². The lowest BCUT2D eigenvalue weighted by Crippen LogP contribution is -2.50. The zero-order chi connectivity index (χ0) is 16.2. The number of hydrazine groups is 1. The van der Waals surface area contributed by atoms with Gasteiger partial charge in [0.05, 0.1) is 0 Å². The first-order chi connectivity index (χ1) is 11.9. The Morgan fingerprint density at radius 2 is 1.25 bits per heavy atom. The minimum absolute atomic E-state index is 0.685. The third-order valence-electron chi connectivity index (χ3n) is 5.95. The highest BCUT2D eigenvalue weighted by Gasteiger charge is 2.30. The highest BCUT2D eigenvalue weighted by atomic mass is 15.6. The Labute approximate surface area is 146 Å². The zero-order valence-corrected chi connectivity index (χ0v) is 14.7. The fraction of sp³-hybridized carbons (Fsp3) is 0.545. The number of rotatable bonds is 3. The molecule has 0 saturated heterocycles. The molecule has 0 N–H and O–H groups in total. The van der Waals surface area contributed by atoms with E-state index in [1.807, 2.05) is 0 Å². The molecule has 0 bridgehead atoms. The predicted molar refractivity (Wildman–Crippen MR) is 101 cm³/mol. The lowest BCUT2D eigenvalue weighted by molar-refractivity contribution is -0.0306. The van der Waals surface area contributed by atoms with Crippen molar-refractivity contribution >= 4 is 5.57 Å². The van der Waals surface area contributed by atoms with E-state index in [9.17, 15) is 0 Å². The van der Waals surface area contributed by atoms with Crippen molar-refractivity contribution in [3.8, 4) is 0 Å². The minimum Gasteiger partial charge on any atom is -0.290 e. The summed E-state index contributed by atoms with van der Waals surface area (Å²) in [6.45, 7) is 0. The van der Waals surface area contributed by atoms with Crippen LogP contribution >= 0.6 is 0 Å². The quantitative estimate of drug-likeness (QED) is 0.700. The normalized spacial score (nSPS) is 23.4. The Morgan fingerprint density at radius 1 is 0.667 bits per heavy atom. The van der Waals surface area contributed by atoms with Gasteiger partial charge in [0.1, 0.15) is 0 Å². The number of nitrogens with zero attached hydrogens (tertiary/aromatic N) is 2. The average Bonchev–Trinajstić information content (AvgIpc) is 2.69. The second-order valence-electron chi connectivity index (χ2n) is 7.61. The molecule has 1 aromatic carbocycles. The SMILES string of the molecule is C1=CN(C2CCCCC2)N(C2CCCCC2)C=C1c1ccccc1. The van der Waals surface area contributed by atoms with Gasteiger partial charge in [-0.3, -0.25) is 10.0 Å². The minimum atomic E-state index is 0.685. The number of hydrogen-bond acceptors (Lipinski definition) is 2. The van der Waals surface area contributed by atoms with E-state index in [0.717, 1.165) is 0 Å². The first-order valence-electron chi connectivity index (χ1n) is 9.94. The van der Waals surface area contributed by atoms with Crippen LogP contribution in [0, 0.1) is 0 Å². The molecule has 0 aromatic heterocycles. The molecule has 0 radical (unpaired) electrons. The van der Waals surface area contributed by atoms with Crippen LogP contribution in [0.4, 0.5) is 0 Å². The maximum atomic E-state index is 2.61. The van der Waals surface area contributed by atoms with Gasteiger partial charge in [0.25, 0.3) is 0 Å². The van der Waals surface area contributed by atoms with E-state index >= 15 is 0 Å². The van der Waals surface area contributed by atoms with Gasteiger partial charge in [0.2, 0.25) is 0 Å². The van der Waals surface area contributed by atoms with Crippen LogP contribution in [-0.2, 0) is 0 Å². The molecule has 0 spiro atoms. The van der Waals surface area contributed by atoms with Gasteiger partial charge in [-0.05, 0) is 37.3 Å². The molecule has 4 rings (SSSR count). The predicted octanol–water partition coefficient (Wildman–Crippen LogP) is 5.74. The summed E-state index contributed by atoms with van der Waals surface area (Å²) >= 11 is 0. The molecule has 2 aliphatic carbocycles. The van der Waals surface area contributed by atoms with Crippen molar-refractivity contribution in [2.45, 2.75) is 76.3 Å². The molecule has 128 valence electrons. The van der Waals surface area contributed by atoms with E-state index in [4.69, 9.17) is 0 Å². The van der Waals surface area contributed by atoms with Gasteiger partial charge in [-0.1, -0.05) is 68.9 Å². The van der Waals surface area contributed by atoms with Crippen LogP contribution in [0.1, 0.15) is 69.8 Å². The van der Waals surface area contributed by atoms with Crippen molar-refractivity contribution in [2.75, 3.05) is 0 Å². The molecule has 3 aliphatic rings. The molecule has 2 nitrogen and oxygen atoms in total. The van der Waals surface area contributed by atoms with Crippen molar-refractivity contribution in [1.29, 1.82) is 0 Å². The van der Waals surface area contributed by atoms with Crippen LogP contribution < -0.4 is 0 Å². The Hall–Kier alpha value is -1.70. The standard InChI is InChI=1S/C22H30N2/c1-4-10-19(11-5-1)20-16-17-23(21-12-6-2-7-13-21)24(18-20)22-14-8-3-9-15-22/h1,4-5,10-11,16-18,21-22H,2-3,6-9,12-15H2. The number of benzene rings is 1. The van der Waals surface area contributed by atoms with Crippen LogP contribution in [0.25, 0.3) is 5.57 Å². The Kier molecular flexibility index (Phi) is 4.91. The van der Waals surface area contributed by atoms with E-state index in [1.165, 1.54) is 75.3 Å². The molecule has 2 saturated carbocycles. The van der Waals surface area contributed by atoms with Crippen LogP contribution in [0.3, 0.4) is 0 Å². The average molecular weight is 322 g/mol.